The fourth-order valence-corrected chi connectivity index (χ4v) is 2.12. The third-order valence-electron chi connectivity index (χ3n) is 2.93. The van der Waals surface area contributed by atoms with Gasteiger partial charge in [0.25, 0.3) is 0 Å². The molecule has 1 heterocycles. The van der Waals surface area contributed by atoms with E-state index >= 15 is 0 Å². The Morgan fingerprint density at radius 3 is 2.59 bits per heavy atom. The Kier molecular flexibility index (Phi) is 5.17. The van der Waals surface area contributed by atoms with Crippen molar-refractivity contribution in [2.75, 3.05) is 6.61 Å². The van der Waals surface area contributed by atoms with Crippen LogP contribution in [-0.4, -0.2) is 18.4 Å². The molecule has 0 spiro atoms. The van der Waals surface area contributed by atoms with E-state index in [9.17, 15) is 9.59 Å². The molecule has 0 unspecified atom stereocenters. The van der Waals surface area contributed by atoms with E-state index in [0.29, 0.717) is 16.5 Å². The Morgan fingerprint density at radius 2 is 1.95 bits per heavy atom. The summed E-state index contributed by atoms with van der Waals surface area (Å²) < 4.78 is 10.5. The largest absolute Gasteiger partial charge is 0.462 e. The van der Waals surface area contributed by atoms with E-state index in [4.69, 9.17) is 20.8 Å². The standard InChI is InChI=1S/C17H15ClO4/c1-3-21-17(20)14(11(2)19)10-12-8-9-16(22-12)13-6-4-5-7-15(13)18/h4-10H,3H2,1-2H3. The SMILES string of the molecule is CCOC(=O)C(=Cc1ccc(-c2ccccc2Cl)o1)C(C)=O. The van der Waals surface area contributed by atoms with Gasteiger partial charge in [-0.3, -0.25) is 4.79 Å². The predicted molar refractivity (Wildman–Crippen MR) is 84.4 cm³/mol. The highest BCUT2D eigenvalue weighted by Gasteiger charge is 2.17. The summed E-state index contributed by atoms with van der Waals surface area (Å²) >= 11 is 6.11. The van der Waals surface area contributed by atoms with Crippen molar-refractivity contribution in [3.8, 4) is 11.3 Å². The molecule has 0 radical (unpaired) electrons. The first-order chi connectivity index (χ1) is 10.5. The zero-order valence-electron chi connectivity index (χ0n) is 12.3. The van der Waals surface area contributed by atoms with Gasteiger partial charge in [0.2, 0.25) is 0 Å². The van der Waals surface area contributed by atoms with Gasteiger partial charge in [0, 0.05) is 5.56 Å². The number of carbonyl (C=O) groups is 2. The Labute approximate surface area is 133 Å². The van der Waals surface area contributed by atoms with E-state index in [2.05, 4.69) is 0 Å². The number of Topliss-reactive ketones (excluding diaryl/α,β-unsaturated/α-hetero) is 1. The molecular weight excluding hydrogens is 304 g/mol. The molecule has 1 aromatic carbocycles. The second-order valence-corrected chi connectivity index (χ2v) is 4.92. The molecule has 1 aromatic heterocycles. The number of rotatable bonds is 5. The molecule has 0 amide bonds. The summed E-state index contributed by atoms with van der Waals surface area (Å²) in [4.78, 5) is 23.3. The maximum absolute atomic E-state index is 11.7. The maximum Gasteiger partial charge on any atom is 0.341 e. The van der Waals surface area contributed by atoms with Gasteiger partial charge in [0.05, 0.1) is 11.6 Å². The topological polar surface area (TPSA) is 56.5 Å². The first-order valence-corrected chi connectivity index (χ1v) is 7.15. The van der Waals surface area contributed by atoms with Crippen LogP contribution in [0.25, 0.3) is 17.4 Å². The molecule has 0 aliphatic rings. The molecule has 0 bridgehead atoms. The molecule has 5 heteroatoms. The fraction of sp³-hybridized carbons (Fsp3) is 0.176. The summed E-state index contributed by atoms with van der Waals surface area (Å²) in [6, 6.07) is 10.7. The van der Waals surface area contributed by atoms with Crippen molar-refractivity contribution in [3.05, 3.63) is 52.8 Å². The van der Waals surface area contributed by atoms with Crippen molar-refractivity contribution >= 4 is 29.4 Å². The van der Waals surface area contributed by atoms with E-state index in [1.165, 1.54) is 13.0 Å². The monoisotopic (exact) mass is 318 g/mol. The van der Waals surface area contributed by atoms with Crippen molar-refractivity contribution in [3.63, 3.8) is 0 Å². The van der Waals surface area contributed by atoms with E-state index in [-0.39, 0.29) is 18.0 Å². The number of benzene rings is 1. The average molecular weight is 319 g/mol. The van der Waals surface area contributed by atoms with Crippen molar-refractivity contribution in [1.82, 2.24) is 0 Å². The molecule has 0 fully saturated rings. The van der Waals surface area contributed by atoms with Gasteiger partial charge in [-0.05, 0) is 44.2 Å². The first kappa shape index (κ1) is 16.0. The lowest BCUT2D eigenvalue weighted by atomic mass is 10.1. The van der Waals surface area contributed by atoms with Crippen molar-refractivity contribution in [2.24, 2.45) is 0 Å². The molecule has 0 aliphatic heterocycles. The zero-order valence-corrected chi connectivity index (χ0v) is 13.0. The van der Waals surface area contributed by atoms with Gasteiger partial charge < -0.3 is 9.15 Å². The maximum atomic E-state index is 11.7. The molecular formula is C17H15ClO4. The molecule has 2 rings (SSSR count). The van der Waals surface area contributed by atoms with Crippen molar-refractivity contribution in [2.45, 2.75) is 13.8 Å². The number of hydrogen-bond donors (Lipinski definition) is 0. The van der Waals surface area contributed by atoms with E-state index in [0.717, 1.165) is 5.56 Å². The molecule has 114 valence electrons. The van der Waals surface area contributed by atoms with Gasteiger partial charge in [0.15, 0.2) is 5.78 Å². The molecule has 0 aliphatic carbocycles. The second-order valence-electron chi connectivity index (χ2n) is 4.52. The van der Waals surface area contributed by atoms with Gasteiger partial charge in [0.1, 0.15) is 17.1 Å². The van der Waals surface area contributed by atoms with Crippen LogP contribution in [0.1, 0.15) is 19.6 Å². The first-order valence-electron chi connectivity index (χ1n) is 6.77. The minimum absolute atomic E-state index is 0.0538. The van der Waals surface area contributed by atoms with Crippen LogP contribution in [0.15, 0.2) is 46.4 Å². The van der Waals surface area contributed by atoms with Crippen molar-refractivity contribution in [1.29, 1.82) is 0 Å². The summed E-state index contributed by atoms with van der Waals surface area (Å²) in [5.74, 6) is -0.100. The fourth-order valence-electron chi connectivity index (χ4n) is 1.89. The third-order valence-corrected chi connectivity index (χ3v) is 3.26. The smallest absolute Gasteiger partial charge is 0.341 e. The van der Waals surface area contributed by atoms with Crippen LogP contribution in [0.5, 0.6) is 0 Å². The molecule has 0 atom stereocenters. The van der Waals surface area contributed by atoms with Crippen LogP contribution >= 0.6 is 11.6 Å². The number of halogens is 1. The van der Waals surface area contributed by atoms with Crippen molar-refractivity contribution < 1.29 is 18.7 Å². The molecule has 2 aromatic rings. The Balaban J connectivity index is 2.34. The second kappa shape index (κ2) is 7.09. The Hall–Kier alpha value is -2.33. The lowest BCUT2D eigenvalue weighted by Crippen LogP contribution is -2.13. The number of ether oxygens (including phenoxy) is 1. The number of esters is 1. The number of ketones is 1. The van der Waals surface area contributed by atoms with Crippen LogP contribution in [0, 0.1) is 0 Å². The average Bonchev–Trinajstić information content (AvgIpc) is 2.93. The Morgan fingerprint density at radius 1 is 1.23 bits per heavy atom. The summed E-state index contributed by atoms with van der Waals surface area (Å²) in [6.45, 7) is 3.19. The normalized spacial score (nSPS) is 11.3. The van der Waals surface area contributed by atoms with E-state index < -0.39 is 5.97 Å². The van der Waals surface area contributed by atoms with Crippen LogP contribution in [0.3, 0.4) is 0 Å². The number of carbonyl (C=O) groups excluding carboxylic acids is 2. The van der Waals surface area contributed by atoms with Crippen LogP contribution in [-0.2, 0) is 14.3 Å². The summed E-state index contributed by atoms with van der Waals surface area (Å²) in [7, 11) is 0. The van der Waals surface area contributed by atoms with Gasteiger partial charge in [-0.15, -0.1) is 0 Å². The van der Waals surface area contributed by atoms with Crippen LogP contribution in [0.2, 0.25) is 5.02 Å². The molecule has 22 heavy (non-hydrogen) atoms. The highest BCUT2D eigenvalue weighted by Crippen LogP contribution is 2.29. The number of furan rings is 1. The highest BCUT2D eigenvalue weighted by molar-refractivity contribution is 6.33. The third kappa shape index (κ3) is 3.65. The molecule has 0 saturated carbocycles. The van der Waals surface area contributed by atoms with Crippen LogP contribution < -0.4 is 0 Å². The zero-order chi connectivity index (χ0) is 16.1. The number of hydrogen-bond acceptors (Lipinski definition) is 4. The highest BCUT2D eigenvalue weighted by atomic mass is 35.5. The minimum Gasteiger partial charge on any atom is -0.462 e. The molecule has 0 N–H and O–H groups in total. The van der Waals surface area contributed by atoms with Gasteiger partial charge in [-0.25, -0.2) is 4.79 Å². The Bertz CT molecular complexity index is 728. The molecule has 0 saturated heterocycles. The van der Waals surface area contributed by atoms with E-state index in [1.54, 1.807) is 25.1 Å². The minimum atomic E-state index is -0.661. The van der Waals surface area contributed by atoms with E-state index in [1.807, 2.05) is 18.2 Å². The van der Waals surface area contributed by atoms with Crippen LogP contribution in [0.4, 0.5) is 0 Å². The molecule has 4 nitrogen and oxygen atoms in total. The summed E-state index contributed by atoms with van der Waals surface area (Å²) in [6.07, 6.45) is 1.38. The summed E-state index contributed by atoms with van der Waals surface area (Å²) in [5.41, 5.74) is 0.686. The quantitative estimate of drug-likeness (QED) is 0.360. The predicted octanol–water partition coefficient (Wildman–Crippen LogP) is 4.14. The summed E-state index contributed by atoms with van der Waals surface area (Å²) in [5, 5.41) is 0.560. The van der Waals surface area contributed by atoms with Gasteiger partial charge in [-0.2, -0.15) is 0 Å². The lowest BCUT2D eigenvalue weighted by molar-refractivity contribution is -0.139. The van der Waals surface area contributed by atoms with Gasteiger partial charge >= 0.3 is 5.97 Å². The van der Waals surface area contributed by atoms with Gasteiger partial charge in [-0.1, -0.05) is 23.7 Å². The lowest BCUT2D eigenvalue weighted by Gasteiger charge is -2.02.